The first-order valence-corrected chi connectivity index (χ1v) is 12.8. The molecule has 184 valence electrons. The number of hydrogen-bond acceptors (Lipinski definition) is 5. The summed E-state index contributed by atoms with van der Waals surface area (Å²) in [4.78, 5) is 2.26. The minimum absolute atomic E-state index is 0.114. The zero-order chi connectivity index (χ0) is 24.3. The van der Waals surface area contributed by atoms with Crippen molar-refractivity contribution in [2.24, 2.45) is 0 Å². The van der Waals surface area contributed by atoms with Crippen LogP contribution in [0, 0.1) is 6.92 Å². The largest absolute Gasteiger partial charge is 0.573 e. The normalized spacial score (nSPS) is 17.0. The van der Waals surface area contributed by atoms with Crippen LogP contribution in [-0.4, -0.2) is 58.8 Å². The Hall–Kier alpha value is -2.18. The molecule has 34 heavy (non-hydrogen) atoms. The van der Waals surface area contributed by atoms with Crippen molar-refractivity contribution in [1.82, 2.24) is 10.2 Å². The molecule has 0 radical (unpaired) electrons. The van der Waals surface area contributed by atoms with Gasteiger partial charge in [-0.2, -0.15) is 0 Å². The molecule has 1 fully saturated rings. The predicted octanol–water partition coefficient (Wildman–Crippen LogP) is 4.57. The molecule has 2 aromatic carbocycles. The van der Waals surface area contributed by atoms with E-state index in [2.05, 4.69) is 15.0 Å². The van der Waals surface area contributed by atoms with E-state index in [1.807, 2.05) is 31.2 Å². The average molecular weight is 514 g/mol. The lowest BCUT2D eigenvalue weighted by Crippen LogP contribution is -2.53. The van der Waals surface area contributed by atoms with Gasteiger partial charge in [0.2, 0.25) is 0 Å². The molecule has 2 unspecified atom stereocenters. The molecular weight excluding hydrogens is 487 g/mol. The van der Waals surface area contributed by atoms with E-state index in [1.54, 1.807) is 12.1 Å². The summed E-state index contributed by atoms with van der Waals surface area (Å²) in [7, 11) is 0. The molecule has 2 N–H and O–H groups in total. The van der Waals surface area contributed by atoms with Gasteiger partial charge in [0, 0.05) is 36.9 Å². The Labute approximate surface area is 202 Å². The summed E-state index contributed by atoms with van der Waals surface area (Å²) in [5.41, 5.74) is 1.78. The maximum Gasteiger partial charge on any atom is 0.573 e. The number of fused-ring (bicyclic) bond motifs is 1. The second kappa shape index (κ2) is 10.6. The monoisotopic (exact) mass is 513 g/mol. The zero-order valence-electron chi connectivity index (χ0n) is 18.5. The summed E-state index contributed by atoms with van der Waals surface area (Å²) < 4.78 is 66.7. The van der Waals surface area contributed by atoms with Gasteiger partial charge in [-0.25, -0.2) is 4.21 Å². The van der Waals surface area contributed by atoms with Gasteiger partial charge in [-0.15, -0.1) is 24.5 Å². The molecule has 0 saturated carbocycles. The molecule has 11 heteroatoms. The molecule has 3 aromatic rings. The van der Waals surface area contributed by atoms with Crippen molar-refractivity contribution < 1.29 is 26.7 Å². The van der Waals surface area contributed by atoms with Gasteiger partial charge in [0.25, 0.3) is 11.3 Å². The van der Waals surface area contributed by atoms with Gasteiger partial charge >= 0.3 is 6.36 Å². The van der Waals surface area contributed by atoms with Gasteiger partial charge < -0.3 is 10.1 Å². The summed E-state index contributed by atoms with van der Waals surface area (Å²) in [5, 5.41) is 5.11. The Bertz CT molecular complexity index is 1130. The van der Waals surface area contributed by atoms with Gasteiger partial charge in [0.15, 0.2) is 0 Å². The first kappa shape index (κ1) is 24.9. The molecule has 2 atom stereocenters. The number of nitrogens with zero attached hydrogens (tertiary/aromatic N) is 2. The van der Waals surface area contributed by atoms with E-state index in [-0.39, 0.29) is 11.8 Å². The van der Waals surface area contributed by atoms with Crippen LogP contribution in [0.2, 0.25) is 0 Å². The van der Waals surface area contributed by atoms with E-state index in [0.29, 0.717) is 13.0 Å². The van der Waals surface area contributed by atoms with E-state index in [1.165, 1.54) is 27.8 Å². The molecule has 0 amide bonds. The number of piperazine rings is 1. The number of anilines is 1. The number of aryl methyl sites for hydroxylation is 1. The van der Waals surface area contributed by atoms with Crippen LogP contribution in [0.3, 0.4) is 0 Å². The molecule has 1 aromatic heterocycles. The van der Waals surface area contributed by atoms with E-state index in [9.17, 15) is 21.9 Å². The fourth-order valence-electron chi connectivity index (χ4n) is 4.26. The van der Waals surface area contributed by atoms with E-state index < -0.39 is 17.6 Å². The third-order valence-electron chi connectivity index (χ3n) is 5.91. The molecule has 6 nitrogen and oxygen atoms in total. The quantitative estimate of drug-likeness (QED) is 0.432. The number of hydrogen-bond donors (Lipinski definition) is 2. The average Bonchev–Trinajstić information content (AvgIpc) is 3.13. The van der Waals surface area contributed by atoms with Crippen molar-refractivity contribution in [3.63, 3.8) is 0 Å². The number of rotatable bonds is 8. The first-order valence-electron chi connectivity index (χ1n) is 10.9. The first-order chi connectivity index (χ1) is 16.2. The number of ether oxygens (including phenoxy) is 1. The molecule has 0 spiro atoms. The molecule has 0 aliphatic carbocycles. The summed E-state index contributed by atoms with van der Waals surface area (Å²) in [5.74, 6) is -0.269. The Balaban J connectivity index is 1.59. The summed E-state index contributed by atoms with van der Waals surface area (Å²) in [6.45, 7) is 5.41. The second-order valence-electron chi connectivity index (χ2n) is 8.16. The minimum atomic E-state index is -4.74. The fraction of sp³-hybridized carbons (Fsp3) is 0.391. The Kier molecular flexibility index (Phi) is 7.78. The van der Waals surface area contributed by atoms with Crippen LogP contribution in [0.5, 0.6) is 5.75 Å². The van der Waals surface area contributed by atoms with Crippen LogP contribution in [0.4, 0.5) is 18.2 Å². The van der Waals surface area contributed by atoms with Crippen molar-refractivity contribution >= 4 is 37.7 Å². The molecule has 2 heterocycles. The van der Waals surface area contributed by atoms with Crippen molar-refractivity contribution in [2.75, 3.05) is 37.0 Å². The fourth-order valence-corrected chi connectivity index (χ4v) is 6.27. The molecule has 4 rings (SSSR count). The highest BCUT2D eigenvalue weighted by atomic mass is 32.2. The third kappa shape index (κ3) is 6.08. The topological polar surface area (TPSA) is 65.0 Å². The molecule has 0 bridgehead atoms. The summed E-state index contributed by atoms with van der Waals surface area (Å²) in [6.07, 6.45) is -4.22. The lowest BCUT2D eigenvalue weighted by Gasteiger charge is -2.37. The molecule has 1 saturated heterocycles. The number of alkyl halides is 3. The SMILES string of the molecule is Cc1c(N(CC(Cc2ccc(OC(F)(F)F)cc2)N2CCNCC2)S(=O)O)sc2ccccc12. The number of halogens is 3. The van der Waals surface area contributed by atoms with Crippen LogP contribution in [0.15, 0.2) is 48.5 Å². The highest BCUT2D eigenvalue weighted by Crippen LogP contribution is 2.38. The highest BCUT2D eigenvalue weighted by molar-refractivity contribution is 7.81. The zero-order valence-corrected chi connectivity index (χ0v) is 20.2. The van der Waals surface area contributed by atoms with Crippen LogP contribution in [0.1, 0.15) is 11.1 Å². The highest BCUT2D eigenvalue weighted by Gasteiger charge is 2.31. The number of benzene rings is 2. The van der Waals surface area contributed by atoms with Crippen LogP contribution >= 0.6 is 11.3 Å². The summed E-state index contributed by atoms with van der Waals surface area (Å²) in [6, 6.07) is 13.6. The summed E-state index contributed by atoms with van der Waals surface area (Å²) >= 11 is -0.752. The van der Waals surface area contributed by atoms with Crippen LogP contribution in [0.25, 0.3) is 10.1 Å². The Morgan fingerprint density at radius 1 is 1.18 bits per heavy atom. The van der Waals surface area contributed by atoms with Crippen molar-refractivity contribution in [3.8, 4) is 5.75 Å². The molecular formula is C23H26F3N3O3S2. The van der Waals surface area contributed by atoms with Crippen LogP contribution in [-0.2, 0) is 17.7 Å². The van der Waals surface area contributed by atoms with Gasteiger partial charge in [-0.3, -0.25) is 13.8 Å². The van der Waals surface area contributed by atoms with E-state index in [4.69, 9.17) is 0 Å². The van der Waals surface area contributed by atoms with Gasteiger partial charge in [-0.1, -0.05) is 30.3 Å². The number of nitrogens with one attached hydrogen (secondary N) is 1. The third-order valence-corrected chi connectivity index (χ3v) is 8.03. The smallest absolute Gasteiger partial charge is 0.406 e. The van der Waals surface area contributed by atoms with Gasteiger partial charge in [0.1, 0.15) is 10.8 Å². The van der Waals surface area contributed by atoms with Gasteiger partial charge in [-0.05, 0) is 48.1 Å². The van der Waals surface area contributed by atoms with Crippen molar-refractivity contribution in [2.45, 2.75) is 25.7 Å². The maximum absolute atomic E-state index is 12.5. The minimum Gasteiger partial charge on any atom is -0.406 e. The van der Waals surface area contributed by atoms with Gasteiger partial charge in [0.05, 0.1) is 6.54 Å². The number of thiophene rings is 1. The molecule has 1 aliphatic heterocycles. The van der Waals surface area contributed by atoms with E-state index in [0.717, 1.165) is 52.4 Å². The van der Waals surface area contributed by atoms with E-state index >= 15 is 0 Å². The lowest BCUT2D eigenvalue weighted by molar-refractivity contribution is -0.274. The second-order valence-corrected chi connectivity index (χ2v) is 10.1. The predicted molar refractivity (Wildman–Crippen MR) is 130 cm³/mol. The maximum atomic E-state index is 12.5. The van der Waals surface area contributed by atoms with Crippen molar-refractivity contribution in [1.29, 1.82) is 0 Å². The molecule has 1 aliphatic rings. The van der Waals surface area contributed by atoms with Crippen LogP contribution < -0.4 is 14.4 Å². The Morgan fingerprint density at radius 3 is 2.47 bits per heavy atom. The van der Waals surface area contributed by atoms with Crippen molar-refractivity contribution in [3.05, 3.63) is 59.7 Å². The Morgan fingerprint density at radius 2 is 1.85 bits per heavy atom. The standard InChI is InChI=1S/C23H26F3N3O3S2/c1-16-20-4-2-3-5-21(20)33-22(16)29(34(30)31)15-18(28-12-10-27-11-13-28)14-17-6-8-19(9-7-17)32-23(24,25)26/h2-9,18,27H,10-15H2,1H3,(H,30,31). The lowest BCUT2D eigenvalue weighted by atomic mass is 10.0.